The first-order valence-electron chi connectivity index (χ1n) is 8.93. The van der Waals surface area contributed by atoms with E-state index in [9.17, 15) is 4.79 Å². The number of methoxy groups -OCH3 is 1. The fourth-order valence-electron chi connectivity index (χ4n) is 3.22. The highest BCUT2D eigenvalue weighted by Crippen LogP contribution is 2.21. The van der Waals surface area contributed by atoms with Gasteiger partial charge in [-0.2, -0.15) is 0 Å². The number of nitrogens with zero attached hydrogens (tertiary/aromatic N) is 3. The van der Waals surface area contributed by atoms with Crippen LogP contribution in [0.1, 0.15) is 23.2 Å². The molecule has 1 fully saturated rings. The van der Waals surface area contributed by atoms with E-state index in [1.807, 2.05) is 36.1 Å². The van der Waals surface area contributed by atoms with Gasteiger partial charge in [0, 0.05) is 30.5 Å². The number of rotatable bonds is 6. The van der Waals surface area contributed by atoms with Gasteiger partial charge in [0.05, 0.1) is 26.2 Å². The van der Waals surface area contributed by atoms with E-state index in [0.717, 1.165) is 35.4 Å². The minimum absolute atomic E-state index is 0.0436. The van der Waals surface area contributed by atoms with Gasteiger partial charge in [-0.25, -0.2) is 9.97 Å². The standard InChI is InChI=1S/C20H25N3O3/c1-15-3-6-19(25-2)16(11-15)12-20(24)23-9-10-26-18(13-23)5-4-17-7-8-21-14-22-17/h3,6-8,11,14,18H,4-5,9-10,12-13H2,1-2H3/t18-/m1/s1. The second-order valence-corrected chi connectivity index (χ2v) is 6.56. The molecule has 1 aromatic heterocycles. The van der Waals surface area contributed by atoms with Crippen molar-refractivity contribution in [2.75, 3.05) is 26.8 Å². The quantitative estimate of drug-likeness (QED) is 0.795. The van der Waals surface area contributed by atoms with Crippen molar-refractivity contribution in [3.63, 3.8) is 0 Å². The van der Waals surface area contributed by atoms with E-state index in [-0.39, 0.29) is 12.0 Å². The summed E-state index contributed by atoms with van der Waals surface area (Å²) in [4.78, 5) is 22.8. The fraction of sp³-hybridized carbons (Fsp3) is 0.450. The predicted octanol–water partition coefficient (Wildman–Crippen LogP) is 2.20. The molecule has 0 unspecified atom stereocenters. The van der Waals surface area contributed by atoms with Gasteiger partial charge in [-0.05, 0) is 31.9 Å². The van der Waals surface area contributed by atoms with Gasteiger partial charge in [0.2, 0.25) is 5.91 Å². The van der Waals surface area contributed by atoms with Crippen LogP contribution in [0, 0.1) is 6.92 Å². The molecule has 6 nitrogen and oxygen atoms in total. The number of ether oxygens (including phenoxy) is 2. The first kappa shape index (κ1) is 18.3. The van der Waals surface area contributed by atoms with Crippen molar-refractivity contribution in [2.24, 2.45) is 0 Å². The van der Waals surface area contributed by atoms with Crippen molar-refractivity contribution in [3.8, 4) is 5.75 Å². The van der Waals surface area contributed by atoms with Gasteiger partial charge in [0.15, 0.2) is 0 Å². The molecule has 1 aromatic carbocycles. The van der Waals surface area contributed by atoms with Crippen LogP contribution in [0.3, 0.4) is 0 Å². The molecule has 1 amide bonds. The van der Waals surface area contributed by atoms with E-state index in [2.05, 4.69) is 9.97 Å². The Balaban J connectivity index is 1.57. The van der Waals surface area contributed by atoms with Crippen LogP contribution in [0.4, 0.5) is 0 Å². The SMILES string of the molecule is COc1ccc(C)cc1CC(=O)N1CCO[C@H](CCc2ccncn2)C1. The first-order valence-corrected chi connectivity index (χ1v) is 8.93. The maximum Gasteiger partial charge on any atom is 0.227 e. The Kier molecular flexibility index (Phi) is 6.17. The minimum atomic E-state index is 0.0436. The Bertz CT molecular complexity index is 736. The van der Waals surface area contributed by atoms with Crippen LogP contribution in [0.15, 0.2) is 36.8 Å². The number of carbonyl (C=O) groups excluding carboxylic acids is 1. The average Bonchev–Trinajstić information content (AvgIpc) is 2.67. The van der Waals surface area contributed by atoms with Crippen molar-refractivity contribution in [2.45, 2.75) is 32.3 Å². The van der Waals surface area contributed by atoms with Gasteiger partial charge in [-0.3, -0.25) is 4.79 Å². The topological polar surface area (TPSA) is 64.5 Å². The highest BCUT2D eigenvalue weighted by atomic mass is 16.5. The number of carbonyl (C=O) groups is 1. The summed E-state index contributed by atoms with van der Waals surface area (Å²) in [6.45, 7) is 3.85. The lowest BCUT2D eigenvalue weighted by molar-refractivity contribution is -0.138. The zero-order chi connectivity index (χ0) is 18.4. The van der Waals surface area contributed by atoms with Gasteiger partial charge in [-0.15, -0.1) is 0 Å². The summed E-state index contributed by atoms with van der Waals surface area (Å²) in [5.74, 6) is 0.877. The summed E-state index contributed by atoms with van der Waals surface area (Å²) in [6.07, 6.45) is 5.36. The molecule has 1 aliphatic rings. The van der Waals surface area contributed by atoms with Crippen molar-refractivity contribution in [1.82, 2.24) is 14.9 Å². The normalized spacial score (nSPS) is 17.2. The summed E-state index contributed by atoms with van der Waals surface area (Å²) < 4.78 is 11.2. The first-order chi connectivity index (χ1) is 12.7. The molecular formula is C20H25N3O3. The molecule has 0 N–H and O–H groups in total. The van der Waals surface area contributed by atoms with Gasteiger partial charge >= 0.3 is 0 Å². The summed E-state index contributed by atoms with van der Waals surface area (Å²) in [5, 5.41) is 0. The lowest BCUT2D eigenvalue weighted by Gasteiger charge is -2.33. The molecule has 6 heteroatoms. The van der Waals surface area contributed by atoms with Crippen molar-refractivity contribution < 1.29 is 14.3 Å². The van der Waals surface area contributed by atoms with Crippen LogP contribution in [-0.4, -0.2) is 53.7 Å². The van der Waals surface area contributed by atoms with Gasteiger partial charge in [0.25, 0.3) is 0 Å². The highest BCUT2D eigenvalue weighted by molar-refractivity contribution is 5.79. The number of aromatic nitrogens is 2. The number of morpholine rings is 1. The molecule has 26 heavy (non-hydrogen) atoms. The molecule has 3 rings (SSSR count). The number of aryl methyl sites for hydroxylation is 2. The Morgan fingerprint density at radius 1 is 1.38 bits per heavy atom. The number of hydrogen-bond acceptors (Lipinski definition) is 5. The predicted molar refractivity (Wildman–Crippen MR) is 98.1 cm³/mol. The van der Waals surface area contributed by atoms with Crippen LogP contribution in [0.25, 0.3) is 0 Å². The smallest absolute Gasteiger partial charge is 0.227 e. The van der Waals surface area contributed by atoms with E-state index in [0.29, 0.717) is 26.1 Å². The fourth-order valence-corrected chi connectivity index (χ4v) is 3.22. The summed E-state index contributed by atoms with van der Waals surface area (Å²) in [5.41, 5.74) is 3.05. The third-order valence-corrected chi connectivity index (χ3v) is 4.63. The van der Waals surface area contributed by atoms with Crippen molar-refractivity contribution in [3.05, 3.63) is 53.6 Å². The van der Waals surface area contributed by atoms with Crippen LogP contribution in [0.5, 0.6) is 5.75 Å². The molecule has 0 bridgehead atoms. The Hall–Kier alpha value is -2.47. The van der Waals surface area contributed by atoms with E-state index in [1.165, 1.54) is 0 Å². The molecule has 1 saturated heterocycles. The summed E-state index contributed by atoms with van der Waals surface area (Å²) in [6, 6.07) is 7.84. The molecule has 0 spiro atoms. The lowest BCUT2D eigenvalue weighted by Crippen LogP contribution is -2.46. The Labute approximate surface area is 154 Å². The molecule has 0 radical (unpaired) electrons. The van der Waals surface area contributed by atoms with E-state index in [1.54, 1.807) is 19.6 Å². The third kappa shape index (κ3) is 4.79. The summed E-state index contributed by atoms with van der Waals surface area (Å²) >= 11 is 0. The number of benzene rings is 1. The molecule has 0 aliphatic carbocycles. The lowest BCUT2D eigenvalue weighted by atomic mass is 10.1. The van der Waals surface area contributed by atoms with Crippen molar-refractivity contribution >= 4 is 5.91 Å². The monoisotopic (exact) mass is 355 g/mol. The Morgan fingerprint density at radius 3 is 3.04 bits per heavy atom. The van der Waals surface area contributed by atoms with Gasteiger partial charge in [-0.1, -0.05) is 17.7 Å². The average molecular weight is 355 g/mol. The maximum atomic E-state index is 12.8. The van der Waals surface area contributed by atoms with E-state index >= 15 is 0 Å². The van der Waals surface area contributed by atoms with Gasteiger partial charge < -0.3 is 14.4 Å². The second-order valence-electron chi connectivity index (χ2n) is 6.56. The van der Waals surface area contributed by atoms with Crippen LogP contribution in [-0.2, 0) is 22.4 Å². The molecule has 0 saturated carbocycles. The molecule has 138 valence electrons. The van der Waals surface area contributed by atoms with Gasteiger partial charge in [0.1, 0.15) is 12.1 Å². The molecular weight excluding hydrogens is 330 g/mol. The number of amides is 1. The second kappa shape index (κ2) is 8.76. The van der Waals surface area contributed by atoms with Crippen LogP contribution in [0.2, 0.25) is 0 Å². The van der Waals surface area contributed by atoms with Crippen LogP contribution < -0.4 is 4.74 Å². The maximum absolute atomic E-state index is 12.8. The third-order valence-electron chi connectivity index (χ3n) is 4.63. The minimum Gasteiger partial charge on any atom is -0.496 e. The Morgan fingerprint density at radius 2 is 2.27 bits per heavy atom. The van der Waals surface area contributed by atoms with Crippen LogP contribution >= 0.6 is 0 Å². The molecule has 1 aliphatic heterocycles. The zero-order valence-electron chi connectivity index (χ0n) is 15.4. The van der Waals surface area contributed by atoms with Crippen molar-refractivity contribution in [1.29, 1.82) is 0 Å². The molecule has 2 aromatic rings. The van der Waals surface area contributed by atoms with E-state index in [4.69, 9.17) is 9.47 Å². The molecule has 2 heterocycles. The zero-order valence-corrected chi connectivity index (χ0v) is 15.4. The summed E-state index contributed by atoms with van der Waals surface area (Å²) in [7, 11) is 1.64. The number of hydrogen-bond donors (Lipinski definition) is 0. The molecule has 1 atom stereocenters. The largest absolute Gasteiger partial charge is 0.496 e. The van der Waals surface area contributed by atoms with E-state index < -0.39 is 0 Å². The highest BCUT2D eigenvalue weighted by Gasteiger charge is 2.25.